The smallest absolute Gasteiger partial charge is 0.264 e. The molecule has 2 aromatic carbocycles. The van der Waals surface area contributed by atoms with Crippen molar-refractivity contribution in [3.05, 3.63) is 66.0 Å². The number of benzene rings is 2. The minimum Gasteiger partial charge on any atom is -0.478 e. The van der Waals surface area contributed by atoms with Crippen LogP contribution in [0.25, 0.3) is 0 Å². The maximum atomic E-state index is 13.8. The second kappa shape index (κ2) is 8.39. The lowest BCUT2D eigenvalue weighted by Crippen LogP contribution is -2.14. The fourth-order valence-corrected chi connectivity index (χ4v) is 3.62. The lowest BCUT2D eigenvalue weighted by molar-refractivity contribution is 0.325. The number of aryl methyl sites for hydroxylation is 1. The van der Waals surface area contributed by atoms with Crippen LogP contribution in [0.2, 0.25) is 0 Å². The number of anilines is 3. The van der Waals surface area contributed by atoms with Crippen molar-refractivity contribution in [2.45, 2.75) is 18.7 Å². The van der Waals surface area contributed by atoms with E-state index in [4.69, 9.17) is 4.74 Å². The Morgan fingerprint density at radius 3 is 2.34 bits per heavy atom. The monoisotopic (exact) mass is 420 g/mol. The van der Waals surface area contributed by atoms with E-state index < -0.39 is 26.6 Å². The average molecular weight is 420 g/mol. The molecule has 0 saturated heterocycles. The quantitative estimate of drug-likeness (QED) is 0.600. The number of nitrogens with one attached hydrogen (secondary N) is 2. The Kier molecular flexibility index (Phi) is 5.92. The van der Waals surface area contributed by atoms with E-state index in [0.29, 0.717) is 35.9 Å². The van der Waals surface area contributed by atoms with E-state index in [1.54, 1.807) is 25.1 Å². The molecule has 0 radical (unpaired) electrons. The van der Waals surface area contributed by atoms with E-state index in [0.717, 1.165) is 12.1 Å². The van der Waals surface area contributed by atoms with Crippen LogP contribution in [0.15, 0.2) is 53.4 Å². The van der Waals surface area contributed by atoms with Gasteiger partial charge in [-0.1, -0.05) is 0 Å². The third-order valence-corrected chi connectivity index (χ3v) is 5.11. The molecule has 2 N–H and O–H groups in total. The number of nitrogens with zero attached hydrogens (tertiary/aromatic N) is 2. The fourth-order valence-electron chi connectivity index (χ4n) is 2.50. The van der Waals surface area contributed by atoms with Crippen molar-refractivity contribution in [2.24, 2.45) is 0 Å². The zero-order chi connectivity index (χ0) is 21.0. The number of sulfonamides is 1. The topological polar surface area (TPSA) is 93.2 Å². The molecular formula is C19H18F2N4O3S. The number of halogens is 2. The normalized spacial score (nSPS) is 11.2. The third kappa shape index (κ3) is 5.17. The largest absolute Gasteiger partial charge is 0.478 e. The molecule has 0 aliphatic heterocycles. The number of hydrogen-bond acceptors (Lipinski definition) is 6. The highest BCUT2D eigenvalue weighted by Crippen LogP contribution is 2.23. The van der Waals surface area contributed by atoms with Gasteiger partial charge in [0.25, 0.3) is 10.0 Å². The van der Waals surface area contributed by atoms with E-state index in [9.17, 15) is 17.2 Å². The predicted molar refractivity (Wildman–Crippen MR) is 105 cm³/mol. The van der Waals surface area contributed by atoms with Gasteiger partial charge in [0.15, 0.2) is 0 Å². The van der Waals surface area contributed by atoms with Crippen LogP contribution in [-0.2, 0) is 10.0 Å². The van der Waals surface area contributed by atoms with Crippen LogP contribution < -0.4 is 14.8 Å². The first-order valence-corrected chi connectivity index (χ1v) is 10.1. The summed E-state index contributed by atoms with van der Waals surface area (Å²) in [5, 5.41) is 3.07. The molecule has 7 nitrogen and oxygen atoms in total. The van der Waals surface area contributed by atoms with Gasteiger partial charge in [0.2, 0.25) is 5.88 Å². The average Bonchev–Trinajstić information content (AvgIpc) is 2.62. The standard InChI is InChI=1S/C19H18F2N4O3S/c1-3-28-19-11-18(22-12(2)23-19)24-14-5-7-15(8-6-14)25-29(26,27)17-9-4-13(20)10-16(17)21/h4-11,25H,3H2,1-2H3,(H,22,23,24). The van der Waals surface area contributed by atoms with E-state index in [2.05, 4.69) is 20.0 Å². The van der Waals surface area contributed by atoms with Crippen molar-refractivity contribution >= 4 is 27.2 Å². The second-order valence-corrected chi connectivity index (χ2v) is 7.61. The molecule has 0 aliphatic rings. The van der Waals surface area contributed by atoms with Crippen molar-refractivity contribution in [1.29, 1.82) is 0 Å². The van der Waals surface area contributed by atoms with Crippen LogP contribution in [0, 0.1) is 18.6 Å². The molecule has 0 bridgehead atoms. The molecule has 0 amide bonds. The Morgan fingerprint density at radius 2 is 1.69 bits per heavy atom. The van der Waals surface area contributed by atoms with E-state index in [-0.39, 0.29) is 5.69 Å². The highest BCUT2D eigenvalue weighted by atomic mass is 32.2. The Bertz CT molecular complexity index is 1120. The molecule has 0 aliphatic carbocycles. The van der Waals surface area contributed by atoms with E-state index in [1.807, 2.05) is 6.92 Å². The van der Waals surface area contributed by atoms with Crippen LogP contribution in [0.3, 0.4) is 0 Å². The molecule has 0 saturated carbocycles. The Balaban J connectivity index is 1.75. The fraction of sp³-hybridized carbons (Fsp3) is 0.158. The summed E-state index contributed by atoms with van der Waals surface area (Å²) in [6.07, 6.45) is 0. The summed E-state index contributed by atoms with van der Waals surface area (Å²) in [4.78, 5) is 7.78. The summed E-state index contributed by atoms with van der Waals surface area (Å²) < 4.78 is 59.1. The first kappa shape index (κ1) is 20.5. The van der Waals surface area contributed by atoms with Gasteiger partial charge >= 0.3 is 0 Å². The minimum absolute atomic E-state index is 0.216. The van der Waals surface area contributed by atoms with Crippen LogP contribution in [0.5, 0.6) is 5.88 Å². The SMILES string of the molecule is CCOc1cc(Nc2ccc(NS(=O)(=O)c3ccc(F)cc3F)cc2)nc(C)n1. The van der Waals surface area contributed by atoms with Crippen LogP contribution in [-0.4, -0.2) is 25.0 Å². The first-order valence-electron chi connectivity index (χ1n) is 8.60. The van der Waals surface area contributed by atoms with E-state index >= 15 is 0 Å². The van der Waals surface area contributed by atoms with Crippen molar-refractivity contribution in [2.75, 3.05) is 16.6 Å². The summed E-state index contributed by atoms with van der Waals surface area (Å²) in [5.74, 6) is -0.538. The molecule has 3 rings (SSSR count). The lowest BCUT2D eigenvalue weighted by atomic mass is 10.3. The summed E-state index contributed by atoms with van der Waals surface area (Å²) in [6, 6.07) is 10.2. The van der Waals surface area contributed by atoms with Crippen LogP contribution in [0.1, 0.15) is 12.7 Å². The molecule has 0 spiro atoms. The second-order valence-electron chi connectivity index (χ2n) is 5.95. The molecular weight excluding hydrogens is 402 g/mol. The predicted octanol–water partition coefficient (Wildman–Crippen LogP) is 4.01. The van der Waals surface area contributed by atoms with Crippen molar-refractivity contribution in [1.82, 2.24) is 9.97 Å². The van der Waals surface area contributed by atoms with Gasteiger partial charge in [0.05, 0.1) is 6.61 Å². The molecule has 10 heteroatoms. The molecule has 1 aromatic heterocycles. The highest BCUT2D eigenvalue weighted by molar-refractivity contribution is 7.92. The van der Waals surface area contributed by atoms with Crippen molar-refractivity contribution < 1.29 is 21.9 Å². The Labute approximate surface area is 166 Å². The van der Waals surface area contributed by atoms with Gasteiger partial charge in [-0.05, 0) is 50.2 Å². The molecule has 29 heavy (non-hydrogen) atoms. The summed E-state index contributed by atoms with van der Waals surface area (Å²) in [7, 11) is -4.20. The minimum atomic E-state index is -4.20. The summed E-state index contributed by atoms with van der Waals surface area (Å²) in [5.41, 5.74) is 0.856. The first-order chi connectivity index (χ1) is 13.8. The summed E-state index contributed by atoms with van der Waals surface area (Å²) >= 11 is 0. The van der Waals surface area contributed by atoms with Crippen molar-refractivity contribution in [3.8, 4) is 5.88 Å². The number of hydrogen-bond donors (Lipinski definition) is 2. The maximum Gasteiger partial charge on any atom is 0.264 e. The molecule has 0 unspecified atom stereocenters. The van der Waals surface area contributed by atoms with Gasteiger partial charge in [-0.15, -0.1) is 0 Å². The van der Waals surface area contributed by atoms with Gasteiger partial charge in [-0.25, -0.2) is 22.2 Å². The Hall–Kier alpha value is -3.27. The van der Waals surface area contributed by atoms with Gasteiger partial charge in [0.1, 0.15) is 28.2 Å². The van der Waals surface area contributed by atoms with Crippen LogP contribution >= 0.6 is 0 Å². The number of aromatic nitrogens is 2. The lowest BCUT2D eigenvalue weighted by Gasteiger charge is -2.11. The van der Waals surface area contributed by atoms with Crippen molar-refractivity contribution in [3.63, 3.8) is 0 Å². The van der Waals surface area contributed by atoms with Gasteiger partial charge in [-0.3, -0.25) is 4.72 Å². The zero-order valence-corrected chi connectivity index (χ0v) is 16.4. The molecule has 0 fully saturated rings. The molecule has 1 heterocycles. The molecule has 3 aromatic rings. The number of rotatable bonds is 7. The van der Waals surface area contributed by atoms with Crippen LogP contribution in [0.4, 0.5) is 26.0 Å². The third-order valence-electron chi connectivity index (χ3n) is 3.70. The molecule has 152 valence electrons. The van der Waals surface area contributed by atoms with E-state index in [1.165, 1.54) is 12.1 Å². The highest BCUT2D eigenvalue weighted by Gasteiger charge is 2.19. The number of ether oxygens (including phenoxy) is 1. The summed E-state index contributed by atoms with van der Waals surface area (Å²) in [6.45, 7) is 4.06. The van der Waals surface area contributed by atoms with Gasteiger partial charge in [-0.2, -0.15) is 4.98 Å². The van der Waals surface area contributed by atoms with Gasteiger partial charge < -0.3 is 10.1 Å². The Morgan fingerprint density at radius 1 is 1.00 bits per heavy atom. The van der Waals surface area contributed by atoms with Gasteiger partial charge in [0, 0.05) is 23.5 Å². The maximum absolute atomic E-state index is 13.8. The zero-order valence-electron chi connectivity index (χ0n) is 15.6. The molecule has 0 atom stereocenters.